The number of nitrogens with one attached hydrogen (secondary N) is 1. The monoisotopic (exact) mass is 558 g/mol. The first-order chi connectivity index (χ1) is 14.9. The van der Waals surface area contributed by atoms with Crippen LogP contribution in [0.5, 0.6) is 0 Å². The first kappa shape index (κ1) is 28.0. The number of aliphatic hydroxyl groups excluding tert-OH is 1. The zero-order valence-electron chi connectivity index (χ0n) is 15.9. The molecule has 7 atom stereocenters. The van der Waals surface area contributed by atoms with Gasteiger partial charge in [0.05, 0.1) is 6.10 Å². The molecule has 0 aromatic carbocycles. The number of hydrogen-bond donors (Lipinski definition) is 6. The third-order valence-corrected chi connectivity index (χ3v) is 7.93. The number of H-pyrrole nitrogens is 1. The fourth-order valence-electron chi connectivity index (χ4n) is 2.73. The number of aromatic nitrogens is 2. The predicted octanol–water partition coefficient (Wildman–Crippen LogP) is -0.565. The van der Waals surface area contributed by atoms with Gasteiger partial charge in [0, 0.05) is 17.6 Å². The van der Waals surface area contributed by atoms with Crippen LogP contribution in [0.2, 0.25) is 0 Å². The Labute approximate surface area is 187 Å². The molecule has 16 nitrogen and oxygen atoms in total. The third-order valence-electron chi connectivity index (χ3n) is 3.91. The number of rotatable bonds is 8. The molecular weight excluding hydrogens is 544 g/mol. The van der Waals surface area contributed by atoms with Gasteiger partial charge in [0.2, 0.25) is 5.67 Å². The Balaban J connectivity index is 2.32. The van der Waals surface area contributed by atoms with E-state index in [4.69, 9.17) is 26.1 Å². The highest BCUT2D eigenvalue weighted by Crippen LogP contribution is 2.66. The van der Waals surface area contributed by atoms with Gasteiger partial charge in [-0.2, -0.15) is 8.62 Å². The maximum Gasteiger partial charge on any atom is 0.490 e. The van der Waals surface area contributed by atoms with E-state index in [-0.39, 0.29) is 0 Å². The average Bonchev–Trinajstić information content (AvgIpc) is 2.83. The molecular formula is C12H15ClFN2O14P3. The molecule has 2 rings (SSSR count). The maximum atomic E-state index is 15.5. The van der Waals surface area contributed by atoms with Gasteiger partial charge in [-0.25, -0.2) is 22.9 Å². The summed E-state index contributed by atoms with van der Waals surface area (Å²) >= 11 is 5.23. The van der Waals surface area contributed by atoms with E-state index in [1.165, 1.54) is 0 Å². The quantitative estimate of drug-likeness (QED) is 0.173. The van der Waals surface area contributed by atoms with Crippen molar-refractivity contribution < 1.29 is 60.6 Å². The van der Waals surface area contributed by atoms with Gasteiger partial charge in [-0.05, 0) is 24.4 Å². The number of ether oxygens (including phenoxy) is 1. The normalized spacial score (nSPS) is 30.0. The number of phosphoric acid groups is 3. The Hall–Kier alpha value is -1.21. The Morgan fingerprint density at radius 2 is 1.85 bits per heavy atom. The van der Waals surface area contributed by atoms with Gasteiger partial charge < -0.3 is 29.4 Å². The van der Waals surface area contributed by atoms with Crippen LogP contribution in [0.15, 0.2) is 21.9 Å². The Morgan fingerprint density at radius 3 is 2.36 bits per heavy atom. The van der Waals surface area contributed by atoms with Crippen LogP contribution >= 0.6 is 35.1 Å². The molecule has 1 aromatic heterocycles. The lowest BCUT2D eigenvalue weighted by Gasteiger charge is -2.25. The molecule has 0 radical (unpaired) electrons. The summed E-state index contributed by atoms with van der Waals surface area (Å²) in [6.45, 7) is 0.902. The summed E-state index contributed by atoms with van der Waals surface area (Å²) in [5.74, 6) is 1.79. The minimum absolute atomic E-state index is 0.489. The van der Waals surface area contributed by atoms with Crippen LogP contribution in [0.3, 0.4) is 0 Å². The van der Waals surface area contributed by atoms with E-state index in [1.54, 1.807) is 11.3 Å². The first-order valence-electron chi connectivity index (χ1n) is 8.20. The number of phosphoric ester groups is 1. The number of nitrogens with zero attached hydrogens (tertiary/aromatic N) is 1. The van der Waals surface area contributed by atoms with Crippen LogP contribution < -0.4 is 11.2 Å². The summed E-state index contributed by atoms with van der Waals surface area (Å²) in [6.07, 6.45) is -7.37. The van der Waals surface area contributed by atoms with Gasteiger partial charge in [-0.15, -0.1) is 0 Å². The van der Waals surface area contributed by atoms with Crippen molar-refractivity contribution in [1.29, 1.82) is 0 Å². The van der Waals surface area contributed by atoms with E-state index in [2.05, 4.69) is 13.1 Å². The summed E-state index contributed by atoms with van der Waals surface area (Å²) in [5.41, 5.74) is -5.16. The lowest BCUT2D eigenvalue weighted by atomic mass is 9.95. The Kier molecular flexibility index (Phi) is 8.33. The van der Waals surface area contributed by atoms with E-state index >= 15 is 4.39 Å². The van der Waals surface area contributed by atoms with Crippen molar-refractivity contribution in [2.75, 3.05) is 0 Å². The number of aliphatic hydroxyl groups is 1. The van der Waals surface area contributed by atoms with Gasteiger partial charge in [0.1, 0.15) is 12.2 Å². The minimum atomic E-state index is -5.84. The fourth-order valence-corrected chi connectivity index (χ4v) is 6.08. The molecule has 21 heteroatoms. The summed E-state index contributed by atoms with van der Waals surface area (Å²) < 4.78 is 66.9. The van der Waals surface area contributed by atoms with Crippen molar-refractivity contribution in [1.82, 2.24) is 9.55 Å². The Morgan fingerprint density at radius 1 is 1.24 bits per heavy atom. The molecule has 33 heavy (non-hydrogen) atoms. The average molecular weight is 559 g/mol. The van der Waals surface area contributed by atoms with Gasteiger partial charge in [0.15, 0.2) is 6.23 Å². The number of aromatic amines is 1. The molecule has 0 amide bonds. The predicted molar refractivity (Wildman–Crippen MR) is 103 cm³/mol. The van der Waals surface area contributed by atoms with Crippen LogP contribution in [0.25, 0.3) is 0 Å². The maximum absolute atomic E-state index is 15.5. The van der Waals surface area contributed by atoms with Crippen molar-refractivity contribution in [3.05, 3.63) is 33.1 Å². The number of halogens is 2. The molecule has 0 bridgehead atoms. The van der Waals surface area contributed by atoms with Crippen molar-refractivity contribution in [3.8, 4) is 11.3 Å². The molecule has 1 saturated heterocycles. The minimum Gasteiger partial charge on any atom is -0.386 e. The summed E-state index contributed by atoms with van der Waals surface area (Å²) in [7, 11) is -17.2. The van der Waals surface area contributed by atoms with Crippen molar-refractivity contribution in [3.63, 3.8) is 0 Å². The largest absolute Gasteiger partial charge is 0.490 e. The highest BCUT2D eigenvalue weighted by atomic mass is 35.5. The zero-order valence-corrected chi connectivity index (χ0v) is 19.4. The van der Waals surface area contributed by atoms with E-state index in [9.17, 15) is 38.2 Å². The molecule has 1 aliphatic heterocycles. The van der Waals surface area contributed by atoms with Crippen LogP contribution in [-0.4, -0.2) is 58.2 Å². The molecule has 0 spiro atoms. The molecule has 3 unspecified atom stereocenters. The highest BCUT2D eigenvalue weighted by molar-refractivity contribution is 7.66. The molecule has 1 aliphatic rings. The van der Waals surface area contributed by atoms with E-state index in [0.717, 1.165) is 19.2 Å². The number of hydrogen-bond acceptors (Lipinski definition) is 10. The second-order valence-corrected chi connectivity index (χ2v) is 10.9. The zero-order chi connectivity index (χ0) is 25.4. The van der Waals surface area contributed by atoms with Crippen LogP contribution in [0, 0.1) is 11.3 Å². The Bertz CT molecular complexity index is 1220. The van der Waals surface area contributed by atoms with E-state index in [1.807, 2.05) is 4.98 Å². The molecule has 6 N–H and O–H groups in total. The van der Waals surface area contributed by atoms with Crippen LogP contribution in [-0.2, 0) is 31.6 Å². The highest BCUT2D eigenvalue weighted by Gasteiger charge is 2.60. The third kappa shape index (κ3) is 6.91. The van der Waals surface area contributed by atoms with E-state index in [0.29, 0.717) is 4.57 Å². The SMILES string of the molecule is C[C@@H](OP(=O)(O)OP(=O)(O)OP(=O)(O)O)[C@H]1O[C@@H](n2ccc(=O)[nH]c2=O)C(F)(C#CCl)[C@H]1O. The molecule has 0 aliphatic carbocycles. The van der Waals surface area contributed by atoms with Crippen molar-refractivity contribution >= 4 is 35.1 Å². The van der Waals surface area contributed by atoms with Gasteiger partial charge in [0.25, 0.3) is 5.56 Å². The second-order valence-electron chi connectivity index (χ2n) is 6.30. The van der Waals surface area contributed by atoms with Gasteiger partial charge in [-0.3, -0.25) is 18.9 Å². The van der Waals surface area contributed by atoms with Crippen LogP contribution in [0.4, 0.5) is 4.39 Å². The fraction of sp³-hybridized carbons (Fsp3) is 0.500. The molecule has 2 heterocycles. The standard InChI is InChI=1S/C12H15ClFN2O14P3/c1-6(28-32(23,24)30-33(25,26)29-31(20,21)22)8-9(18)12(14,3-4-13)10(27-8)16-5-2-7(17)15-11(16)19/h2,5-6,8-10,18H,1H3,(H,23,24)(H,25,26)(H,15,17,19)(H2,20,21,22)/t6-,8-,9+,10-,12?/m1/s1. The molecule has 1 fully saturated rings. The molecule has 1 aromatic rings. The van der Waals surface area contributed by atoms with Crippen molar-refractivity contribution in [2.45, 2.75) is 37.1 Å². The second kappa shape index (κ2) is 9.80. The first-order valence-corrected chi connectivity index (χ1v) is 13.1. The van der Waals surface area contributed by atoms with Crippen molar-refractivity contribution in [2.24, 2.45) is 0 Å². The lowest BCUT2D eigenvalue weighted by molar-refractivity contribution is -0.0781. The molecule has 186 valence electrons. The smallest absolute Gasteiger partial charge is 0.386 e. The topological polar surface area (TPSA) is 244 Å². The van der Waals surface area contributed by atoms with E-state index < -0.39 is 64.9 Å². The summed E-state index contributed by atoms with van der Waals surface area (Å²) in [5, 5.41) is 12.1. The molecule has 0 saturated carbocycles. The van der Waals surface area contributed by atoms with Gasteiger partial charge in [-0.1, -0.05) is 0 Å². The summed E-state index contributed by atoms with van der Waals surface area (Å²) in [4.78, 5) is 60.9. The summed E-state index contributed by atoms with van der Waals surface area (Å²) in [6, 6.07) is 0.814. The number of alkyl halides is 1. The van der Waals surface area contributed by atoms with Crippen LogP contribution in [0.1, 0.15) is 13.2 Å². The van der Waals surface area contributed by atoms with Gasteiger partial charge >= 0.3 is 29.2 Å². The lowest BCUT2D eigenvalue weighted by Crippen LogP contribution is -2.46.